The minimum Gasteiger partial charge on any atom is -0.741 e. The maximum atomic E-state index is 10.7. The summed E-state index contributed by atoms with van der Waals surface area (Å²) < 4.78 is 61.2. The summed E-state index contributed by atoms with van der Waals surface area (Å²) in [5, 5.41) is 0. The SMILES string of the molecule is CCCCCCCCCCC[n+]1cccc(C)c1.O=S(=O)([O-])C(F)(F)F. The summed E-state index contributed by atoms with van der Waals surface area (Å²) in [5.41, 5.74) is -4.29. The first-order chi connectivity index (χ1) is 12.1. The molecule has 4 nitrogen and oxygen atoms in total. The Kier molecular flexibility index (Phi) is 12.5. The zero-order chi connectivity index (χ0) is 20.1. The Hall–Kier alpha value is -1.15. The van der Waals surface area contributed by atoms with E-state index in [1.54, 1.807) is 0 Å². The summed E-state index contributed by atoms with van der Waals surface area (Å²) in [6, 6.07) is 4.30. The molecule has 0 unspecified atom stereocenters. The molecular weight excluding hydrogens is 367 g/mol. The van der Waals surface area contributed by atoms with Crippen LogP contribution in [0.2, 0.25) is 0 Å². The van der Waals surface area contributed by atoms with Crippen molar-refractivity contribution in [1.82, 2.24) is 0 Å². The Morgan fingerprint density at radius 3 is 1.88 bits per heavy atom. The van der Waals surface area contributed by atoms with Crippen molar-refractivity contribution in [2.75, 3.05) is 0 Å². The van der Waals surface area contributed by atoms with Crippen LogP contribution in [0.3, 0.4) is 0 Å². The smallest absolute Gasteiger partial charge is 0.485 e. The van der Waals surface area contributed by atoms with Crippen LogP contribution in [0.25, 0.3) is 0 Å². The van der Waals surface area contributed by atoms with E-state index in [-0.39, 0.29) is 0 Å². The fourth-order valence-electron chi connectivity index (χ4n) is 2.40. The molecule has 0 spiro atoms. The second kappa shape index (κ2) is 13.1. The number of pyridine rings is 1. The lowest BCUT2D eigenvalue weighted by Gasteiger charge is -2.08. The first-order valence-corrected chi connectivity index (χ1v) is 10.5. The van der Waals surface area contributed by atoms with Gasteiger partial charge in [-0.2, -0.15) is 13.2 Å². The van der Waals surface area contributed by atoms with Gasteiger partial charge in [-0.1, -0.05) is 51.9 Å². The van der Waals surface area contributed by atoms with Crippen molar-refractivity contribution >= 4 is 10.1 Å². The van der Waals surface area contributed by atoms with E-state index in [0.717, 1.165) is 0 Å². The Labute approximate surface area is 155 Å². The fourth-order valence-corrected chi connectivity index (χ4v) is 2.40. The van der Waals surface area contributed by atoms with Crippen LogP contribution in [0, 0.1) is 6.92 Å². The van der Waals surface area contributed by atoms with Crippen molar-refractivity contribution in [3.05, 3.63) is 30.1 Å². The highest BCUT2D eigenvalue weighted by molar-refractivity contribution is 7.86. The van der Waals surface area contributed by atoms with E-state index in [0.29, 0.717) is 0 Å². The van der Waals surface area contributed by atoms with Gasteiger partial charge >= 0.3 is 5.51 Å². The highest BCUT2D eigenvalue weighted by Crippen LogP contribution is 2.20. The minimum atomic E-state index is -6.09. The normalized spacial score (nSPS) is 11.8. The molecule has 0 aliphatic heterocycles. The maximum absolute atomic E-state index is 10.7. The molecule has 0 saturated carbocycles. The molecule has 0 N–H and O–H groups in total. The molecule has 0 saturated heterocycles. The number of hydrogen-bond donors (Lipinski definition) is 0. The predicted molar refractivity (Wildman–Crippen MR) is 94.4 cm³/mol. The molecule has 26 heavy (non-hydrogen) atoms. The van der Waals surface area contributed by atoms with Gasteiger partial charge in [-0.3, -0.25) is 0 Å². The number of unbranched alkanes of at least 4 members (excludes halogenated alkanes) is 8. The van der Waals surface area contributed by atoms with E-state index in [2.05, 4.69) is 42.9 Å². The van der Waals surface area contributed by atoms with E-state index < -0.39 is 15.6 Å². The molecule has 0 aliphatic carbocycles. The zero-order valence-electron chi connectivity index (χ0n) is 15.6. The topological polar surface area (TPSA) is 61.1 Å². The van der Waals surface area contributed by atoms with E-state index >= 15 is 0 Å². The van der Waals surface area contributed by atoms with Crippen LogP contribution < -0.4 is 4.57 Å². The summed E-state index contributed by atoms with van der Waals surface area (Å²) >= 11 is 0. The summed E-state index contributed by atoms with van der Waals surface area (Å²) in [7, 11) is -6.09. The van der Waals surface area contributed by atoms with Crippen LogP contribution in [0.4, 0.5) is 13.2 Å². The largest absolute Gasteiger partial charge is 0.741 e. The summed E-state index contributed by atoms with van der Waals surface area (Å²) in [6.07, 6.45) is 17.1. The van der Waals surface area contributed by atoms with Gasteiger partial charge < -0.3 is 4.55 Å². The quantitative estimate of drug-likeness (QED) is 0.245. The first-order valence-electron chi connectivity index (χ1n) is 9.05. The lowest BCUT2D eigenvalue weighted by Crippen LogP contribution is -2.32. The average molecular weight is 398 g/mol. The molecule has 8 heteroatoms. The molecule has 1 aromatic rings. The molecule has 0 fully saturated rings. The van der Waals surface area contributed by atoms with E-state index in [1.165, 1.54) is 69.9 Å². The number of aromatic nitrogens is 1. The Bertz CT molecular complexity index is 590. The van der Waals surface area contributed by atoms with Crippen molar-refractivity contribution in [3.8, 4) is 0 Å². The first kappa shape index (κ1) is 24.8. The molecular formula is C18H30F3NO3S. The third-order valence-electron chi connectivity index (χ3n) is 3.81. The summed E-state index contributed by atoms with van der Waals surface area (Å²) in [4.78, 5) is 0. The van der Waals surface area contributed by atoms with Crippen LogP contribution in [0.15, 0.2) is 24.5 Å². The van der Waals surface area contributed by atoms with Gasteiger partial charge in [0.15, 0.2) is 22.5 Å². The van der Waals surface area contributed by atoms with Crippen molar-refractivity contribution in [2.45, 2.75) is 83.7 Å². The number of aryl methyl sites for hydroxylation is 2. The third kappa shape index (κ3) is 13.1. The van der Waals surface area contributed by atoms with Gasteiger partial charge in [-0.15, -0.1) is 0 Å². The maximum Gasteiger partial charge on any atom is 0.485 e. The summed E-state index contributed by atoms with van der Waals surface area (Å²) in [6.45, 7) is 5.62. The van der Waals surface area contributed by atoms with Gasteiger partial charge in [0, 0.05) is 18.1 Å². The fraction of sp³-hybridized carbons (Fsp3) is 0.722. The average Bonchev–Trinajstić information content (AvgIpc) is 2.52. The molecule has 1 heterocycles. The number of nitrogens with zero attached hydrogens (tertiary/aromatic N) is 1. The lowest BCUT2D eigenvalue weighted by atomic mass is 10.1. The molecule has 1 aromatic heterocycles. The molecule has 0 aromatic carbocycles. The Morgan fingerprint density at radius 1 is 1.00 bits per heavy atom. The molecule has 0 amide bonds. The lowest BCUT2D eigenvalue weighted by molar-refractivity contribution is -0.697. The van der Waals surface area contributed by atoms with Crippen molar-refractivity contribution in [3.63, 3.8) is 0 Å². The number of hydrogen-bond acceptors (Lipinski definition) is 3. The molecule has 152 valence electrons. The molecule has 0 aliphatic rings. The predicted octanol–water partition coefficient (Wildman–Crippen LogP) is 4.86. The highest BCUT2D eigenvalue weighted by Gasteiger charge is 2.36. The van der Waals surface area contributed by atoms with Gasteiger partial charge in [0.1, 0.15) is 6.54 Å². The van der Waals surface area contributed by atoms with Gasteiger partial charge in [-0.05, 0) is 19.4 Å². The van der Waals surface area contributed by atoms with Crippen LogP contribution in [0.1, 0.15) is 70.3 Å². The number of alkyl halides is 3. The second-order valence-corrected chi connectivity index (χ2v) is 7.72. The highest BCUT2D eigenvalue weighted by atomic mass is 32.2. The molecule has 0 bridgehead atoms. The van der Waals surface area contributed by atoms with Crippen LogP contribution in [0.5, 0.6) is 0 Å². The monoisotopic (exact) mass is 397 g/mol. The second-order valence-electron chi connectivity index (χ2n) is 6.35. The minimum absolute atomic E-state index is 1.18. The van der Waals surface area contributed by atoms with Crippen molar-refractivity contribution < 1.29 is 30.7 Å². The van der Waals surface area contributed by atoms with E-state index in [4.69, 9.17) is 13.0 Å². The van der Waals surface area contributed by atoms with Crippen molar-refractivity contribution in [2.24, 2.45) is 0 Å². The van der Waals surface area contributed by atoms with Gasteiger partial charge in [0.2, 0.25) is 0 Å². The van der Waals surface area contributed by atoms with Gasteiger partial charge in [0.25, 0.3) is 0 Å². The molecule has 1 rings (SSSR count). The van der Waals surface area contributed by atoms with Crippen molar-refractivity contribution in [1.29, 1.82) is 0 Å². The van der Waals surface area contributed by atoms with Crippen LogP contribution in [-0.2, 0) is 16.7 Å². The number of rotatable bonds is 10. The zero-order valence-corrected chi connectivity index (χ0v) is 16.4. The Morgan fingerprint density at radius 2 is 1.46 bits per heavy atom. The summed E-state index contributed by atoms with van der Waals surface area (Å²) in [5.74, 6) is 0. The number of halogens is 3. The van der Waals surface area contributed by atoms with Crippen LogP contribution in [-0.4, -0.2) is 18.5 Å². The molecule has 0 atom stereocenters. The van der Waals surface area contributed by atoms with E-state index in [9.17, 15) is 13.2 Å². The van der Waals surface area contributed by atoms with Gasteiger partial charge in [-0.25, -0.2) is 13.0 Å². The standard InChI is InChI=1S/C17H30N.CHF3O3S/c1-3-4-5-6-7-8-9-10-11-14-18-15-12-13-17(2)16-18;2-1(3,4)8(5,6)7/h12-13,15-16H,3-11,14H2,1-2H3;(H,5,6,7)/q+1;/p-1. The third-order valence-corrected chi connectivity index (χ3v) is 4.38. The van der Waals surface area contributed by atoms with Crippen LogP contribution >= 0.6 is 0 Å². The molecule has 0 radical (unpaired) electrons. The van der Waals surface area contributed by atoms with Gasteiger partial charge in [0.05, 0.1) is 0 Å². The Balaban J connectivity index is 0.000000660. The van der Waals surface area contributed by atoms with E-state index in [1.807, 2.05) is 0 Å².